The van der Waals surface area contributed by atoms with E-state index in [9.17, 15) is 9.90 Å². The molecule has 2 N–H and O–H groups in total. The van der Waals surface area contributed by atoms with Crippen LogP contribution in [0.25, 0.3) is 0 Å². The number of hydrogen-bond acceptors (Lipinski definition) is 3. The van der Waals surface area contributed by atoms with Gasteiger partial charge in [0.15, 0.2) is 0 Å². The minimum absolute atomic E-state index is 0.0389. The standard InChI is InChI=1S/C15H21NO2S/c17-14-9-5-4-8-13(14)16-15(18)10-11-19-12-6-2-1-3-7-12/h1-3,6-7,13-14,17H,4-5,8-11H2,(H,16,18)/t13-,14-/m0/s1. The van der Waals surface area contributed by atoms with Crippen LogP contribution in [0.3, 0.4) is 0 Å². The molecule has 4 heteroatoms. The average Bonchev–Trinajstić information content (AvgIpc) is 2.43. The highest BCUT2D eigenvalue weighted by Crippen LogP contribution is 2.20. The topological polar surface area (TPSA) is 49.3 Å². The van der Waals surface area contributed by atoms with Crippen LogP contribution in [-0.2, 0) is 4.79 Å². The summed E-state index contributed by atoms with van der Waals surface area (Å²) in [6, 6.07) is 10.0. The minimum Gasteiger partial charge on any atom is -0.391 e. The first-order valence-electron chi connectivity index (χ1n) is 6.91. The number of hydrogen-bond donors (Lipinski definition) is 2. The van der Waals surface area contributed by atoms with Gasteiger partial charge in [0.25, 0.3) is 0 Å². The third kappa shape index (κ3) is 4.88. The first kappa shape index (κ1) is 14.4. The molecule has 1 amide bonds. The fourth-order valence-corrected chi connectivity index (χ4v) is 3.21. The highest BCUT2D eigenvalue weighted by atomic mass is 32.2. The van der Waals surface area contributed by atoms with Crippen molar-refractivity contribution in [3.63, 3.8) is 0 Å². The number of amides is 1. The predicted octanol–water partition coefficient (Wildman–Crippen LogP) is 2.59. The molecule has 0 unspecified atom stereocenters. The lowest BCUT2D eigenvalue weighted by atomic mass is 9.92. The zero-order valence-electron chi connectivity index (χ0n) is 11.0. The summed E-state index contributed by atoms with van der Waals surface area (Å²) in [5.41, 5.74) is 0. The molecule has 0 radical (unpaired) electrons. The van der Waals surface area contributed by atoms with Crippen molar-refractivity contribution in [2.75, 3.05) is 5.75 Å². The molecule has 1 aromatic rings. The quantitative estimate of drug-likeness (QED) is 0.815. The Balaban J connectivity index is 1.67. The van der Waals surface area contributed by atoms with E-state index in [1.54, 1.807) is 11.8 Å². The normalized spacial score (nSPS) is 23.0. The molecule has 104 valence electrons. The van der Waals surface area contributed by atoms with E-state index in [0.717, 1.165) is 31.4 Å². The lowest BCUT2D eigenvalue weighted by Crippen LogP contribution is -2.45. The Morgan fingerprint density at radius 2 is 2.00 bits per heavy atom. The number of carbonyl (C=O) groups excluding carboxylic acids is 1. The van der Waals surface area contributed by atoms with Crippen LogP contribution >= 0.6 is 11.8 Å². The van der Waals surface area contributed by atoms with Crippen molar-refractivity contribution in [3.8, 4) is 0 Å². The molecule has 0 heterocycles. The third-order valence-corrected chi connectivity index (χ3v) is 4.43. The van der Waals surface area contributed by atoms with Gasteiger partial charge in [0.2, 0.25) is 5.91 Å². The fourth-order valence-electron chi connectivity index (χ4n) is 2.34. The predicted molar refractivity (Wildman–Crippen MR) is 78.2 cm³/mol. The average molecular weight is 279 g/mol. The van der Waals surface area contributed by atoms with E-state index in [1.807, 2.05) is 30.3 Å². The van der Waals surface area contributed by atoms with E-state index >= 15 is 0 Å². The summed E-state index contributed by atoms with van der Waals surface area (Å²) >= 11 is 1.69. The first-order chi connectivity index (χ1) is 9.25. The van der Waals surface area contributed by atoms with E-state index in [4.69, 9.17) is 0 Å². The van der Waals surface area contributed by atoms with Gasteiger partial charge < -0.3 is 10.4 Å². The SMILES string of the molecule is O=C(CCSc1ccccc1)N[C@H]1CCCC[C@@H]1O. The molecule has 1 aromatic carbocycles. The van der Waals surface area contributed by atoms with Crippen molar-refractivity contribution in [2.45, 2.75) is 49.1 Å². The van der Waals surface area contributed by atoms with E-state index in [1.165, 1.54) is 4.90 Å². The zero-order chi connectivity index (χ0) is 13.5. The van der Waals surface area contributed by atoms with E-state index in [-0.39, 0.29) is 18.1 Å². The number of rotatable bonds is 5. The molecule has 1 aliphatic rings. The van der Waals surface area contributed by atoms with Crippen LogP contribution in [0.2, 0.25) is 0 Å². The summed E-state index contributed by atoms with van der Waals surface area (Å²) in [5, 5.41) is 12.8. The van der Waals surface area contributed by atoms with E-state index in [0.29, 0.717) is 6.42 Å². The highest BCUT2D eigenvalue weighted by Gasteiger charge is 2.24. The molecule has 1 fully saturated rings. The molecule has 0 spiro atoms. The van der Waals surface area contributed by atoms with Crippen molar-refractivity contribution in [1.82, 2.24) is 5.32 Å². The molecule has 19 heavy (non-hydrogen) atoms. The Hall–Kier alpha value is -1.00. The fraction of sp³-hybridized carbons (Fsp3) is 0.533. The molecule has 3 nitrogen and oxygen atoms in total. The van der Waals surface area contributed by atoms with Crippen molar-refractivity contribution >= 4 is 17.7 Å². The van der Waals surface area contributed by atoms with Gasteiger partial charge in [-0.05, 0) is 25.0 Å². The van der Waals surface area contributed by atoms with E-state index in [2.05, 4.69) is 5.32 Å². The van der Waals surface area contributed by atoms with Crippen LogP contribution in [0.1, 0.15) is 32.1 Å². The van der Waals surface area contributed by atoms with Crippen LogP contribution in [0.15, 0.2) is 35.2 Å². The van der Waals surface area contributed by atoms with Gasteiger partial charge in [-0.1, -0.05) is 31.0 Å². The molecule has 2 rings (SSSR count). The van der Waals surface area contributed by atoms with Gasteiger partial charge in [-0.15, -0.1) is 11.8 Å². The van der Waals surface area contributed by atoms with Crippen molar-refractivity contribution in [1.29, 1.82) is 0 Å². The largest absolute Gasteiger partial charge is 0.391 e. The summed E-state index contributed by atoms with van der Waals surface area (Å²) in [4.78, 5) is 13.0. The van der Waals surface area contributed by atoms with Gasteiger partial charge in [-0.25, -0.2) is 0 Å². The molecule has 0 aliphatic heterocycles. The number of benzene rings is 1. The summed E-state index contributed by atoms with van der Waals surface area (Å²) in [6.45, 7) is 0. The van der Waals surface area contributed by atoms with Crippen LogP contribution in [0.5, 0.6) is 0 Å². The second kappa shape index (κ2) is 7.56. The van der Waals surface area contributed by atoms with E-state index < -0.39 is 0 Å². The Morgan fingerprint density at radius 1 is 1.26 bits per heavy atom. The minimum atomic E-state index is -0.362. The van der Waals surface area contributed by atoms with Gasteiger partial charge in [0.1, 0.15) is 0 Å². The number of aliphatic hydroxyl groups is 1. The lowest BCUT2D eigenvalue weighted by molar-refractivity contribution is -0.122. The molecule has 2 atom stereocenters. The highest BCUT2D eigenvalue weighted by molar-refractivity contribution is 7.99. The van der Waals surface area contributed by atoms with Crippen molar-refractivity contribution < 1.29 is 9.90 Å². The zero-order valence-corrected chi connectivity index (χ0v) is 11.9. The second-order valence-corrected chi connectivity index (χ2v) is 6.11. The Bertz CT molecular complexity index is 396. The second-order valence-electron chi connectivity index (χ2n) is 4.94. The molecule has 0 saturated heterocycles. The van der Waals surface area contributed by atoms with Gasteiger partial charge in [0.05, 0.1) is 12.1 Å². The van der Waals surface area contributed by atoms with Crippen LogP contribution in [0.4, 0.5) is 0 Å². The summed E-state index contributed by atoms with van der Waals surface area (Å²) < 4.78 is 0. The number of aliphatic hydroxyl groups excluding tert-OH is 1. The summed E-state index contributed by atoms with van der Waals surface area (Å²) in [6.07, 6.45) is 4.02. The smallest absolute Gasteiger partial charge is 0.221 e. The monoisotopic (exact) mass is 279 g/mol. The summed E-state index contributed by atoms with van der Waals surface area (Å²) in [7, 11) is 0. The molecule has 1 saturated carbocycles. The van der Waals surface area contributed by atoms with Crippen LogP contribution in [-0.4, -0.2) is 28.9 Å². The first-order valence-corrected chi connectivity index (χ1v) is 7.89. The van der Waals surface area contributed by atoms with Gasteiger partial charge in [0, 0.05) is 17.1 Å². The Morgan fingerprint density at radius 3 is 2.74 bits per heavy atom. The number of nitrogens with one attached hydrogen (secondary N) is 1. The van der Waals surface area contributed by atoms with Gasteiger partial charge in [-0.2, -0.15) is 0 Å². The van der Waals surface area contributed by atoms with Crippen LogP contribution < -0.4 is 5.32 Å². The maximum Gasteiger partial charge on any atom is 0.221 e. The maximum atomic E-state index is 11.8. The molecular weight excluding hydrogens is 258 g/mol. The molecular formula is C15H21NO2S. The van der Waals surface area contributed by atoms with Crippen LogP contribution in [0, 0.1) is 0 Å². The lowest BCUT2D eigenvalue weighted by Gasteiger charge is -2.28. The molecule has 1 aliphatic carbocycles. The maximum absolute atomic E-state index is 11.8. The molecule has 0 aromatic heterocycles. The summed E-state index contributed by atoms with van der Waals surface area (Å²) in [5.74, 6) is 0.827. The third-order valence-electron chi connectivity index (χ3n) is 3.42. The van der Waals surface area contributed by atoms with Gasteiger partial charge >= 0.3 is 0 Å². The van der Waals surface area contributed by atoms with Gasteiger partial charge in [-0.3, -0.25) is 4.79 Å². The number of thioether (sulfide) groups is 1. The molecule has 0 bridgehead atoms. The van der Waals surface area contributed by atoms with Crippen molar-refractivity contribution in [3.05, 3.63) is 30.3 Å². The Kier molecular flexibility index (Phi) is 5.73. The number of carbonyl (C=O) groups is 1. The van der Waals surface area contributed by atoms with Crippen molar-refractivity contribution in [2.24, 2.45) is 0 Å². The Labute approximate surface area is 118 Å².